The Bertz CT molecular complexity index is 666. The number of likely N-dealkylation sites (tertiary alicyclic amines) is 1. The van der Waals surface area contributed by atoms with Gasteiger partial charge < -0.3 is 19.5 Å². The molecule has 0 bridgehead atoms. The number of unbranched alkanes of at least 4 members (excludes halogenated alkanes) is 3. The van der Waals surface area contributed by atoms with Crippen LogP contribution in [-0.4, -0.2) is 49.3 Å². The molecule has 29 heavy (non-hydrogen) atoms. The molecule has 2 aromatic heterocycles. The molecule has 4 nitrogen and oxygen atoms in total. The molecule has 1 saturated heterocycles. The Kier molecular flexibility index (Phi) is 9.86. The van der Waals surface area contributed by atoms with Gasteiger partial charge in [0.2, 0.25) is 0 Å². The highest BCUT2D eigenvalue weighted by molar-refractivity contribution is 7.08. The lowest BCUT2D eigenvalue weighted by molar-refractivity contribution is -0.264. The van der Waals surface area contributed by atoms with Crippen LogP contribution in [0, 0.1) is 0 Å². The highest BCUT2D eigenvalue weighted by Gasteiger charge is 2.19. The lowest BCUT2D eigenvalue weighted by Crippen LogP contribution is -2.35. The minimum Gasteiger partial charge on any atom is -0.346 e. The number of hydrogen-bond donors (Lipinski definition) is 1. The predicted molar refractivity (Wildman–Crippen MR) is 122 cm³/mol. The van der Waals surface area contributed by atoms with Gasteiger partial charge in [-0.3, -0.25) is 0 Å². The number of aliphatic hydroxyl groups is 1. The summed E-state index contributed by atoms with van der Waals surface area (Å²) >= 11 is 3.52. The van der Waals surface area contributed by atoms with Crippen LogP contribution >= 0.6 is 22.7 Å². The van der Waals surface area contributed by atoms with Crippen LogP contribution in [0.4, 0.5) is 0 Å². The molecule has 0 spiro atoms. The molecular formula is C23H33NO3S2. The lowest BCUT2D eigenvalue weighted by Gasteiger charge is -2.30. The zero-order valence-corrected chi connectivity index (χ0v) is 19.0. The van der Waals surface area contributed by atoms with Crippen molar-refractivity contribution in [1.82, 2.24) is 4.90 Å². The molecule has 1 unspecified atom stereocenters. The van der Waals surface area contributed by atoms with E-state index < -0.39 is 6.48 Å². The molecule has 2 aromatic rings. The highest BCUT2D eigenvalue weighted by atomic mass is 32.1. The van der Waals surface area contributed by atoms with Crippen molar-refractivity contribution >= 4 is 28.2 Å². The van der Waals surface area contributed by atoms with Crippen molar-refractivity contribution < 1.29 is 14.6 Å². The standard InChI is InChI=1S/C23H33NO3S2/c1-2-3-4-5-13-26-23(25)27-14-12-24-10-6-19(7-11-24)22(20-8-15-28-17-20)21-9-16-29-18-21/h8-9,15-18,23,25H,2-7,10-14H2,1H3. The van der Waals surface area contributed by atoms with Crippen LogP contribution in [-0.2, 0) is 9.47 Å². The van der Waals surface area contributed by atoms with Gasteiger partial charge in [-0.05, 0) is 69.6 Å². The molecule has 0 radical (unpaired) electrons. The van der Waals surface area contributed by atoms with Gasteiger partial charge in [0.05, 0.1) is 13.2 Å². The van der Waals surface area contributed by atoms with E-state index in [0.717, 1.165) is 45.3 Å². The maximum atomic E-state index is 9.79. The molecule has 1 aliphatic heterocycles. The van der Waals surface area contributed by atoms with Crippen molar-refractivity contribution in [2.24, 2.45) is 0 Å². The highest BCUT2D eigenvalue weighted by Crippen LogP contribution is 2.34. The first kappa shape index (κ1) is 22.7. The maximum absolute atomic E-state index is 9.79. The smallest absolute Gasteiger partial charge is 0.269 e. The fraction of sp³-hybridized carbons (Fsp3) is 0.565. The number of rotatable bonds is 12. The molecule has 6 heteroatoms. The van der Waals surface area contributed by atoms with Gasteiger partial charge in [-0.25, -0.2) is 0 Å². The molecule has 160 valence electrons. The molecule has 1 N–H and O–H groups in total. The summed E-state index contributed by atoms with van der Waals surface area (Å²) in [5, 5.41) is 18.6. The fourth-order valence-corrected chi connectivity index (χ4v) is 5.02. The van der Waals surface area contributed by atoms with Gasteiger partial charge in [0.25, 0.3) is 6.48 Å². The first-order valence-electron chi connectivity index (χ1n) is 10.7. The molecule has 0 aromatic carbocycles. The number of aliphatic hydroxyl groups excluding tert-OH is 1. The van der Waals surface area contributed by atoms with E-state index in [-0.39, 0.29) is 0 Å². The van der Waals surface area contributed by atoms with E-state index in [2.05, 4.69) is 45.5 Å². The van der Waals surface area contributed by atoms with Gasteiger partial charge in [-0.1, -0.05) is 31.8 Å². The van der Waals surface area contributed by atoms with E-state index in [1.807, 2.05) is 0 Å². The Hall–Kier alpha value is -1.02. The minimum atomic E-state index is -1.10. The number of piperidine rings is 1. The van der Waals surface area contributed by atoms with Crippen molar-refractivity contribution in [2.45, 2.75) is 51.9 Å². The fourth-order valence-electron chi connectivity index (χ4n) is 3.73. The maximum Gasteiger partial charge on any atom is 0.269 e. The molecule has 0 saturated carbocycles. The van der Waals surface area contributed by atoms with Crippen molar-refractivity contribution in [3.8, 4) is 0 Å². The summed E-state index contributed by atoms with van der Waals surface area (Å²) in [5.41, 5.74) is 5.67. The van der Waals surface area contributed by atoms with Crippen molar-refractivity contribution in [3.05, 3.63) is 50.4 Å². The largest absolute Gasteiger partial charge is 0.346 e. The predicted octanol–water partition coefficient (Wildman–Crippen LogP) is 5.60. The van der Waals surface area contributed by atoms with E-state index in [4.69, 9.17) is 9.47 Å². The van der Waals surface area contributed by atoms with Gasteiger partial charge >= 0.3 is 0 Å². The molecule has 1 fully saturated rings. The van der Waals surface area contributed by atoms with Crippen LogP contribution in [0.5, 0.6) is 0 Å². The van der Waals surface area contributed by atoms with Crippen LogP contribution in [0.2, 0.25) is 0 Å². The third-order valence-electron chi connectivity index (χ3n) is 5.36. The SMILES string of the molecule is CCCCCCOC(O)OCCN1CCC(=C(c2ccsc2)c2ccsc2)CC1. The molecular weight excluding hydrogens is 402 g/mol. The van der Waals surface area contributed by atoms with Crippen LogP contribution in [0.25, 0.3) is 5.57 Å². The summed E-state index contributed by atoms with van der Waals surface area (Å²) in [7, 11) is 0. The molecule has 1 atom stereocenters. The zero-order valence-electron chi connectivity index (χ0n) is 17.3. The Labute approximate surface area is 182 Å². The van der Waals surface area contributed by atoms with E-state index in [1.54, 1.807) is 28.2 Å². The summed E-state index contributed by atoms with van der Waals surface area (Å²) < 4.78 is 10.7. The van der Waals surface area contributed by atoms with Gasteiger partial charge in [0.15, 0.2) is 0 Å². The Balaban J connectivity index is 1.41. The van der Waals surface area contributed by atoms with Gasteiger partial charge in [-0.2, -0.15) is 22.7 Å². The van der Waals surface area contributed by atoms with Crippen LogP contribution in [0.15, 0.2) is 39.2 Å². The second-order valence-corrected chi connectivity index (χ2v) is 9.01. The number of thiophene rings is 2. The Morgan fingerprint density at radius 3 is 2.24 bits per heavy atom. The first-order valence-corrected chi connectivity index (χ1v) is 12.6. The third kappa shape index (κ3) is 7.31. The second-order valence-electron chi connectivity index (χ2n) is 7.45. The second kappa shape index (κ2) is 12.6. The summed E-state index contributed by atoms with van der Waals surface area (Å²) in [6.07, 6.45) is 6.70. The van der Waals surface area contributed by atoms with Crippen LogP contribution < -0.4 is 0 Å². The van der Waals surface area contributed by atoms with Crippen molar-refractivity contribution in [3.63, 3.8) is 0 Å². The van der Waals surface area contributed by atoms with Crippen molar-refractivity contribution in [2.75, 3.05) is 32.8 Å². The third-order valence-corrected chi connectivity index (χ3v) is 6.73. The summed E-state index contributed by atoms with van der Waals surface area (Å²) in [4.78, 5) is 2.41. The number of ether oxygens (including phenoxy) is 2. The van der Waals surface area contributed by atoms with E-state index >= 15 is 0 Å². The minimum absolute atomic E-state index is 0.497. The average molecular weight is 436 g/mol. The molecule has 3 heterocycles. The molecule has 0 amide bonds. The van der Waals surface area contributed by atoms with E-state index in [9.17, 15) is 5.11 Å². The molecule has 3 rings (SSSR count). The van der Waals surface area contributed by atoms with Crippen LogP contribution in [0.3, 0.4) is 0 Å². The van der Waals surface area contributed by atoms with Gasteiger partial charge in [-0.15, -0.1) is 0 Å². The molecule has 1 aliphatic rings. The lowest BCUT2D eigenvalue weighted by atomic mass is 9.91. The Morgan fingerprint density at radius 2 is 1.66 bits per heavy atom. The van der Waals surface area contributed by atoms with Crippen molar-refractivity contribution in [1.29, 1.82) is 0 Å². The average Bonchev–Trinajstić information content (AvgIpc) is 3.44. The van der Waals surface area contributed by atoms with Gasteiger partial charge in [0, 0.05) is 19.6 Å². The monoisotopic (exact) mass is 435 g/mol. The molecule has 0 aliphatic carbocycles. The Morgan fingerprint density at radius 1 is 1.00 bits per heavy atom. The summed E-state index contributed by atoms with van der Waals surface area (Å²) in [6, 6.07) is 4.46. The van der Waals surface area contributed by atoms with Gasteiger partial charge in [0.1, 0.15) is 0 Å². The summed E-state index contributed by atoms with van der Waals surface area (Å²) in [5.74, 6) is 0. The quantitative estimate of drug-likeness (QED) is 0.348. The van der Waals surface area contributed by atoms with E-state index in [0.29, 0.717) is 13.2 Å². The first-order chi connectivity index (χ1) is 14.3. The van der Waals surface area contributed by atoms with E-state index in [1.165, 1.54) is 29.5 Å². The zero-order chi connectivity index (χ0) is 20.3. The topological polar surface area (TPSA) is 41.9 Å². The van der Waals surface area contributed by atoms with Crippen LogP contribution in [0.1, 0.15) is 56.6 Å². The number of nitrogens with zero attached hydrogens (tertiary/aromatic N) is 1. The normalized spacial score (nSPS) is 16.3. The number of hydrogen-bond acceptors (Lipinski definition) is 6. The summed E-state index contributed by atoms with van der Waals surface area (Å²) in [6.45, 7) is 5.04.